The molecule has 6 N–H and O–H groups in total. The number of nitrogens with one attached hydrogen (secondary N) is 2. The summed E-state index contributed by atoms with van der Waals surface area (Å²) in [5.41, 5.74) is 14.4. The Bertz CT molecular complexity index is 1220. The molecule has 0 radical (unpaired) electrons. The summed E-state index contributed by atoms with van der Waals surface area (Å²) < 4.78 is 2.22. The molecule has 5 rings (SSSR count). The summed E-state index contributed by atoms with van der Waals surface area (Å²) in [5, 5.41) is 6.85. The maximum Gasteiger partial charge on any atom is 0.226 e. The van der Waals surface area contributed by atoms with E-state index < -0.39 is 0 Å². The number of fused-ring (bicyclic) bond motifs is 1. The monoisotopic (exact) mass is 534 g/mol. The number of piperazine rings is 1. The highest BCUT2D eigenvalue weighted by Crippen LogP contribution is 2.33. The van der Waals surface area contributed by atoms with Crippen LogP contribution < -0.4 is 22.1 Å². The third-order valence-corrected chi connectivity index (χ3v) is 7.69. The van der Waals surface area contributed by atoms with E-state index in [4.69, 9.17) is 31.4 Å². The van der Waals surface area contributed by atoms with Crippen LogP contribution in [0.25, 0.3) is 11.2 Å². The first kappa shape index (κ1) is 27.1. The Morgan fingerprint density at radius 2 is 1.82 bits per heavy atom. The van der Waals surface area contributed by atoms with Crippen molar-refractivity contribution in [2.75, 3.05) is 56.4 Å². The van der Waals surface area contributed by atoms with Crippen molar-refractivity contribution in [2.45, 2.75) is 58.0 Å². The Balaban J connectivity index is 1.28. The zero-order chi connectivity index (χ0) is 27.0. The largest absolute Gasteiger partial charge is 0.370 e. The van der Waals surface area contributed by atoms with Gasteiger partial charge in [0.2, 0.25) is 5.95 Å². The van der Waals surface area contributed by atoms with Crippen LogP contribution in [0.15, 0.2) is 29.6 Å². The summed E-state index contributed by atoms with van der Waals surface area (Å²) in [7, 11) is 0. The molecule has 2 fully saturated rings. The molecule has 3 aromatic rings. The fourth-order valence-electron chi connectivity index (χ4n) is 5.40. The van der Waals surface area contributed by atoms with Crippen LogP contribution in [0.4, 0.5) is 17.5 Å². The predicted octanol–water partition coefficient (Wildman–Crippen LogP) is 2.68. The van der Waals surface area contributed by atoms with E-state index in [1.165, 1.54) is 12.8 Å². The summed E-state index contributed by atoms with van der Waals surface area (Å²) in [4.78, 5) is 28.1. The van der Waals surface area contributed by atoms with Crippen LogP contribution in [0.5, 0.6) is 0 Å². The lowest BCUT2D eigenvalue weighted by Gasteiger charge is -2.33. The molecule has 1 aliphatic carbocycles. The van der Waals surface area contributed by atoms with Gasteiger partial charge < -0.3 is 31.6 Å². The van der Waals surface area contributed by atoms with Gasteiger partial charge in [-0.15, -0.1) is 0 Å². The number of aromatic nitrogens is 5. The topological polar surface area (TPSA) is 151 Å². The first-order valence-electron chi connectivity index (χ1n) is 14.3. The van der Waals surface area contributed by atoms with E-state index >= 15 is 0 Å². The van der Waals surface area contributed by atoms with Crippen LogP contribution in [0.2, 0.25) is 0 Å². The van der Waals surface area contributed by atoms with Crippen molar-refractivity contribution < 1.29 is 0 Å². The second kappa shape index (κ2) is 13.0. The molecule has 1 saturated carbocycles. The second-order valence-corrected chi connectivity index (χ2v) is 10.5. The third kappa shape index (κ3) is 7.12. The Morgan fingerprint density at radius 1 is 1.03 bits per heavy atom. The lowest BCUT2D eigenvalue weighted by atomic mass is 10.2. The molecule has 0 bridgehead atoms. The van der Waals surface area contributed by atoms with Gasteiger partial charge in [0.15, 0.2) is 22.9 Å². The van der Waals surface area contributed by atoms with Crippen LogP contribution in [-0.2, 0) is 6.54 Å². The van der Waals surface area contributed by atoms with E-state index in [9.17, 15) is 0 Å². The molecular weight excluding hydrogens is 492 g/mol. The van der Waals surface area contributed by atoms with Gasteiger partial charge in [0.05, 0.1) is 23.9 Å². The van der Waals surface area contributed by atoms with Gasteiger partial charge in [-0.05, 0) is 44.4 Å². The standard InChI is InChI=1S/C27H42N12/c1-2-37-13-15-38(16-14-37)18-21-10-9-20(17-32-21)34-24-23-25(39(19-33-23)22-7-3-4-8-22)36-27(35-24)31-12-6-5-11-30-26(28)29/h9-10,17,19,22H,2-8,11-16,18H2,1H3,(H4,28,29,30)(H2,31,34,35,36). The molecule has 4 heterocycles. The molecule has 1 saturated heterocycles. The molecule has 0 amide bonds. The van der Waals surface area contributed by atoms with Crippen molar-refractivity contribution in [3.8, 4) is 0 Å². The van der Waals surface area contributed by atoms with E-state index in [-0.39, 0.29) is 5.96 Å². The van der Waals surface area contributed by atoms with Gasteiger partial charge in [-0.25, -0.2) is 4.98 Å². The first-order chi connectivity index (χ1) is 19.1. The van der Waals surface area contributed by atoms with Gasteiger partial charge in [-0.2, -0.15) is 9.97 Å². The van der Waals surface area contributed by atoms with Crippen molar-refractivity contribution in [1.29, 1.82) is 0 Å². The van der Waals surface area contributed by atoms with Crippen molar-refractivity contribution in [3.63, 3.8) is 0 Å². The minimum absolute atomic E-state index is 0.130. The van der Waals surface area contributed by atoms with E-state index in [0.717, 1.165) is 94.0 Å². The van der Waals surface area contributed by atoms with Crippen molar-refractivity contribution >= 4 is 34.6 Å². The van der Waals surface area contributed by atoms with Gasteiger partial charge in [0.1, 0.15) is 0 Å². The minimum atomic E-state index is 0.130. The molecule has 39 heavy (non-hydrogen) atoms. The minimum Gasteiger partial charge on any atom is -0.370 e. The van der Waals surface area contributed by atoms with Crippen molar-refractivity contribution in [3.05, 3.63) is 30.4 Å². The summed E-state index contributed by atoms with van der Waals surface area (Å²) in [5.74, 6) is 1.40. The third-order valence-electron chi connectivity index (χ3n) is 7.69. The van der Waals surface area contributed by atoms with Gasteiger partial charge in [0.25, 0.3) is 0 Å². The summed E-state index contributed by atoms with van der Waals surface area (Å²) in [6, 6.07) is 4.61. The normalized spacial score (nSPS) is 17.1. The maximum atomic E-state index is 5.42. The maximum absolute atomic E-state index is 5.42. The average Bonchev–Trinajstić information content (AvgIpc) is 3.62. The number of guanidine groups is 1. The molecule has 0 atom stereocenters. The van der Waals surface area contributed by atoms with E-state index in [0.29, 0.717) is 24.4 Å². The molecule has 0 aromatic carbocycles. The number of aliphatic imine (C=N–C) groups is 1. The lowest BCUT2D eigenvalue weighted by Crippen LogP contribution is -2.45. The van der Waals surface area contributed by atoms with Gasteiger partial charge in [-0.1, -0.05) is 19.8 Å². The summed E-state index contributed by atoms with van der Waals surface area (Å²) >= 11 is 0. The lowest BCUT2D eigenvalue weighted by molar-refractivity contribution is 0.131. The summed E-state index contributed by atoms with van der Waals surface area (Å²) in [6.07, 6.45) is 10.4. The zero-order valence-corrected chi connectivity index (χ0v) is 23.0. The molecule has 0 spiro atoms. The van der Waals surface area contributed by atoms with Gasteiger partial charge in [-0.3, -0.25) is 14.9 Å². The Kier molecular flexibility index (Phi) is 9.04. The number of nitrogens with zero attached hydrogens (tertiary/aromatic N) is 8. The Morgan fingerprint density at radius 3 is 2.54 bits per heavy atom. The number of hydrogen-bond donors (Lipinski definition) is 4. The highest BCUT2D eigenvalue weighted by atomic mass is 15.3. The molecule has 210 valence electrons. The number of rotatable bonds is 12. The van der Waals surface area contributed by atoms with Crippen molar-refractivity contribution in [1.82, 2.24) is 34.3 Å². The second-order valence-electron chi connectivity index (χ2n) is 10.5. The molecule has 12 nitrogen and oxygen atoms in total. The van der Waals surface area contributed by atoms with E-state index in [1.807, 2.05) is 12.5 Å². The molecule has 1 aliphatic heterocycles. The SMILES string of the molecule is CCN1CCN(Cc2ccc(Nc3nc(NCCCCN=C(N)N)nc4c3ncn4C3CCCC3)cn2)CC1. The average molecular weight is 535 g/mol. The number of pyridine rings is 1. The smallest absolute Gasteiger partial charge is 0.226 e. The van der Waals surface area contributed by atoms with Crippen LogP contribution >= 0.6 is 0 Å². The van der Waals surface area contributed by atoms with E-state index in [2.05, 4.69) is 49.0 Å². The van der Waals surface area contributed by atoms with Crippen LogP contribution in [0.3, 0.4) is 0 Å². The van der Waals surface area contributed by atoms with E-state index in [1.54, 1.807) is 0 Å². The van der Waals surface area contributed by atoms with Gasteiger partial charge in [0, 0.05) is 51.9 Å². The summed E-state index contributed by atoms with van der Waals surface area (Å²) in [6.45, 7) is 9.99. The molecule has 12 heteroatoms. The highest BCUT2D eigenvalue weighted by molar-refractivity contribution is 5.86. The van der Waals surface area contributed by atoms with Gasteiger partial charge >= 0.3 is 0 Å². The molecular formula is C27H42N12. The quantitative estimate of drug-likeness (QED) is 0.155. The number of anilines is 3. The zero-order valence-electron chi connectivity index (χ0n) is 23.0. The first-order valence-corrected chi connectivity index (χ1v) is 14.3. The number of imidazole rings is 1. The Labute approximate surface area is 230 Å². The highest BCUT2D eigenvalue weighted by Gasteiger charge is 2.22. The molecule has 0 unspecified atom stereocenters. The molecule has 3 aromatic heterocycles. The number of unbranched alkanes of at least 4 members (excludes halogenated alkanes) is 1. The predicted molar refractivity (Wildman–Crippen MR) is 156 cm³/mol. The number of nitrogens with two attached hydrogens (primary N) is 2. The fraction of sp³-hybridized carbons (Fsp3) is 0.593. The molecule has 2 aliphatic rings. The Hall–Kier alpha value is -3.51. The van der Waals surface area contributed by atoms with Crippen LogP contribution in [-0.4, -0.2) is 86.1 Å². The number of hydrogen-bond acceptors (Lipinski definition) is 9. The van der Waals surface area contributed by atoms with Crippen molar-refractivity contribution in [2.24, 2.45) is 16.5 Å². The van der Waals surface area contributed by atoms with Crippen LogP contribution in [0.1, 0.15) is 57.2 Å². The fourth-order valence-corrected chi connectivity index (χ4v) is 5.40. The number of likely N-dealkylation sites (N-methyl/N-ethyl adjacent to an activating group) is 1. The van der Waals surface area contributed by atoms with Crippen LogP contribution in [0, 0.1) is 0 Å².